The molecule has 2 unspecified atom stereocenters. The fourth-order valence-electron chi connectivity index (χ4n) is 1.72. The third-order valence-electron chi connectivity index (χ3n) is 2.43. The van der Waals surface area contributed by atoms with E-state index < -0.39 is 10.0 Å². The van der Waals surface area contributed by atoms with Crippen LogP contribution in [0.2, 0.25) is 0 Å². The minimum atomic E-state index is -3.13. The fraction of sp³-hybridized carbons (Fsp3) is 1.00. The van der Waals surface area contributed by atoms with Crippen molar-refractivity contribution in [3.8, 4) is 0 Å². The molecule has 84 valence electrons. The molecule has 1 N–H and O–H groups in total. The Labute approximate surface area is 85.5 Å². The van der Waals surface area contributed by atoms with Gasteiger partial charge in [0.25, 0.3) is 0 Å². The lowest BCUT2D eigenvalue weighted by molar-refractivity contribution is 0.0208. The number of rotatable bonds is 3. The van der Waals surface area contributed by atoms with E-state index in [-0.39, 0.29) is 12.1 Å². The van der Waals surface area contributed by atoms with Crippen LogP contribution in [0.4, 0.5) is 0 Å². The van der Waals surface area contributed by atoms with Gasteiger partial charge in [-0.3, -0.25) is 0 Å². The van der Waals surface area contributed by atoms with Crippen LogP contribution in [0, 0.1) is 0 Å². The molecule has 0 aromatic rings. The number of nitrogens with zero attached hydrogens (tertiary/aromatic N) is 1. The molecule has 1 aliphatic rings. The molecule has 0 spiro atoms. The molecular formula is C8H18N2O3S. The average Bonchev–Trinajstić information content (AvgIpc) is 2.06. The Bertz CT molecular complexity index is 278. The monoisotopic (exact) mass is 222 g/mol. The van der Waals surface area contributed by atoms with E-state index in [0.29, 0.717) is 0 Å². The van der Waals surface area contributed by atoms with Gasteiger partial charge in [0.1, 0.15) is 0 Å². The second-order valence-corrected chi connectivity index (χ2v) is 5.60. The minimum absolute atomic E-state index is 0.0523. The largest absolute Gasteiger partial charge is 0.378 e. The Hall–Kier alpha value is -0.170. The summed E-state index contributed by atoms with van der Waals surface area (Å²) in [5, 5.41) is 0. The Morgan fingerprint density at radius 1 is 1.50 bits per heavy atom. The Balaban J connectivity index is 2.59. The van der Waals surface area contributed by atoms with Crippen LogP contribution in [-0.2, 0) is 14.8 Å². The summed E-state index contributed by atoms with van der Waals surface area (Å²) in [6, 6.07) is -0.0915. The molecule has 0 aromatic carbocycles. The van der Waals surface area contributed by atoms with E-state index in [1.165, 1.54) is 6.26 Å². The van der Waals surface area contributed by atoms with E-state index in [1.807, 2.05) is 7.05 Å². The standard InChI is InChI=1S/C8H18N2O3S/c1-10-5-4-7(8(6-10)13-2)9-14(3,11)12/h7-9H,4-6H2,1-3H3. The van der Waals surface area contributed by atoms with Gasteiger partial charge >= 0.3 is 0 Å². The fourth-order valence-corrected chi connectivity index (χ4v) is 2.54. The first kappa shape index (κ1) is 11.9. The molecule has 1 saturated heterocycles. The Morgan fingerprint density at radius 3 is 2.64 bits per heavy atom. The molecule has 0 aromatic heterocycles. The molecule has 0 amide bonds. The number of piperidine rings is 1. The molecule has 0 radical (unpaired) electrons. The number of ether oxygens (including phenoxy) is 1. The number of nitrogens with one attached hydrogen (secondary N) is 1. The lowest BCUT2D eigenvalue weighted by Crippen LogP contribution is -2.53. The molecule has 14 heavy (non-hydrogen) atoms. The van der Waals surface area contributed by atoms with E-state index in [0.717, 1.165) is 19.5 Å². The van der Waals surface area contributed by atoms with Gasteiger partial charge in [0, 0.05) is 13.7 Å². The molecule has 5 nitrogen and oxygen atoms in total. The maximum absolute atomic E-state index is 11.1. The van der Waals surface area contributed by atoms with Crippen molar-refractivity contribution in [1.82, 2.24) is 9.62 Å². The molecule has 1 heterocycles. The summed E-state index contributed by atoms with van der Waals surface area (Å²) in [5.74, 6) is 0. The Kier molecular flexibility index (Phi) is 3.88. The molecule has 1 fully saturated rings. The summed E-state index contributed by atoms with van der Waals surface area (Å²) < 4.78 is 30.0. The van der Waals surface area contributed by atoms with Crippen LogP contribution in [0.3, 0.4) is 0 Å². The zero-order chi connectivity index (χ0) is 10.8. The van der Waals surface area contributed by atoms with Gasteiger partial charge in [-0.05, 0) is 20.0 Å². The number of hydrogen-bond acceptors (Lipinski definition) is 4. The number of likely N-dealkylation sites (N-methyl/N-ethyl adjacent to an activating group) is 1. The van der Waals surface area contributed by atoms with Crippen LogP contribution < -0.4 is 4.72 Å². The normalized spacial score (nSPS) is 30.5. The lowest BCUT2D eigenvalue weighted by atomic mass is 10.0. The Morgan fingerprint density at radius 2 is 2.14 bits per heavy atom. The molecular weight excluding hydrogens is 204 g/mol. The van der Waals surface area contributed by atoms with Crippen LogP contribution in [0.5, 0.6) is 0 Å². The van der Waals surface area contributed by atoms with Crippen LogP contribution in [0.1, 0.15) is 6.42 Å². The van der Waals surface area contributed by atoms with E-state index in [9.17, 15) is 8.42 Å². The van der Waals surface area contributed by atoms with Gasteiger partial charge in [-0.1, -0.05) is 0 Å². The first-order valence-electron chi connectivity index (χ1n) is 4.61. The molecule has 0 saturated carbocycles. The molecule has 0 aliphatic carbocycles. The van der Waals surface area contributed by atoms with Crippen LogP contribution in [-0.4, -0.2) is 59.0 Å². The first-order chi connectivity index (χ1) is 6.42. The lowest BCUT2D eigenvalue weighted by Gasteiger charge is -2.35. The van der Waals surface area contributed by atoms with Gasteiger partial charge in [-0.15, -0.1) is 0 Å². The van der Waals surface area contributed by atoms with Crippen molar-refractivity contribution in [2.24, 2.45) is 0 Å². The number of likely N-dealkylation sites (tertiary alicyclic amines) is 1. The third kappa shape index (κ3) is 3.53. The zero-order valence-corrected chi connectivity index (χ0v) is 9.67. The highest BCUT2D eigenvalue weighted by atomic mass is 32.2. The maximum atomic E-state index is 11.1. The van der Waals surface area contributed by atoms with Gasteiger partial charge in [0.15, 0.2) is 0 Å². The molecule has 6 heteroatoms. The van der Waals surface area contributed by atoms with Gasteiger partial charge in [-0.2, -0.15) is 0 Å². The summed E-state index contributed by atoms with van der Waals surface area (Å²) >= 11 is 0. The van der Waals surface area contributed by atoms with Gasteiger partial charge in [0.05, 0.1) is 18.4 Å². The number of hydrogen-bond donors (Lipinski definition) is 1. The highest BCUT2D eigenvalue weighted by Gasteiger charge is 2.29. The van der Waals surface area contributed by atoms with Gasteiger partial charge in [-0.25, -0.2) is 13.1 Å². The summed E-state index contributed by atoms with van der Waals surface area (Å²) in [6.45, 7) is 1.66. The van der Waals surface area contributed by atoms with Crippen molar-refractivity contribution in [1.29, 1.82) is 0 Å². The smallest absolute Gasteiger partial charge is 0.209 e. The zero-order valence-electron chi connectivity index (χ0n) is 8.86. The SMILES string of the molecule is COC1CN(C)CCC1NS(C)(=O)=O. The van der Waals surface area contributed by atoms with Crippen molar-refractivity contribution in [2.45, 2.75) is 18.6 Å². The average molecular weight is 222 g/mol. The summed E-state index contributed by atoms with van der Waals surface area (Å²) in [5.41, 5.74) is 0. The van der Waals surface area contributed by atoms with E-state index in [4.69, 9.17) is 4.74 Å². The van der Waals surface area contributed by atoms with Crippen molar-refractivity contribution < 1.29 is 13.2 Å². The minimum Gasteiger partial charge on any atom is -0.378 e. The molecule has 2 atom stereocenters. The van der Waals surface area contributed by atoms with E-state index in [2.05, 4.69) is 9.62 Å². The summed E-state index contributed by atoms with van der Waals surface area (Å²) in [6.07, 6.45) is 1.92. The second-order valence-electron chi connectivity index (χ2n) is 3.82. The van der Waals surface area contributed by atoms with Crippen LogP contribution >= 0.6 is 0 Å². The first-order valence-corrected chi connectivity index (χ1v) is 6.50. The highest BCUT2D eigenvalue weighted by molar-refractivity contribution is 7.88. The number of methoxy groups -OCH3 is 1. The van der Waals surface area contributed by atoms with Crippen LogP contribution in [0.25, 0.3) is 0 Å². The predicted octanol–water partition coefficient (Wildman–Crippen LogP) is -0.745. The van der Waals surface area contributed by atoms with Crippen LogP contribution in [0.15, 0.2) is 0 Å². The predicted molar refractivity (Wildman–Crippen MR) is 54.7 cm³/mol. The van der Waals surface area contributed by atoms with E-state index >= 15 is 0 Å². The second kappa shape index (κ2) is 4.57. The van der Waals surface area contributed by atoms with Gasteiger partial charge in [0.2, 0.25) is 10.0 Å². The highest BCUT2D eigenvalue weighted by Crippen LogP contribution is 2.12. The maximum Gasteiger partial charge on any atom is 0.209 e. The van der Waals surface area contributed by atoms with Crippen molar-refractivity contribution in [3.63, 3.8) is 0 Å². The van der Waals surface area contributed by atoms with Crippen molar-refractivity contribution in [3.05, 3.63) is 0 Å². The third-order valence-corrected chi connectivity index (χ3v) is 3.16. The molecule has 1 aliphatic heterocycles. The molecule has 1 rings (SSSR count). The van der Waals surface area contributed by atoms with Crippen molar-refractivity contribution >= 4 is 10.0 Å². The summed E-state index contributed by atoms with van der Waals surface area (Å²) in [4.78, 5) is 2.13. The topological polar surface area (TPSA) is 58.6 Å². The quantitative estimate of drug-likeness (QED) is 0.683. The van der Waals surface area contributed by atoms with Crippen molar-refractivity contribution in [2.75, 3.05) is 33.5 Å². The summed E-state index contributed by atoms with van der Waals surface area (Å²) in [7, 11) is 0.482. The number of sulfonamides is 1. The van der Waals surface area contributed by atoms with E-state index in [1.54, 1.807) is 7.11 Å². The van der Waals surface area contributed by atoms with Gasteiger partial charge < -0.3 is 9.64 Å². The molecule has 0 bridgehead atoms.